The molecule has 1 aromatic heterocycles. The third-order valence-electron chi connectivity index (χ3n) is 4.14. The van der Waals surface area contributed by atoms with Crippen molar-refractivity contribution in [1.29, 1.82) is 0 Å². The fraction of sp³-hybridized carbons (Fsp3) is 0.500. The molecular formula is C16H22N2O. The van der Waals surface area contributed by atoms with Gasteiger partial charge in [0.2, 0.25) is 0 Å². The van der Waals surface area contributed by atoms with E-state index in [-0.39, 0.29) is 0 Å². The highest BCUT2D eigenvalue weighted by atomic mass is 16.3. The number of rotatable bonds is 4. The predicted octanol–water partition coefficient (Wildman–Crippen LogP) is 2.78. The van der Waals surface area contributed by atoms with Gasteiger partial charge in [0.05, 0.1) is 0 Å². The monoisotopic (exact) mass is 258 g/mol. The lowest BCUT2D eigenvalue weighted by Gasteiger charge is -2.15. The van der Waals surface area contributed by atoms with Crippen molar-refractivity contribution in [2.75, 3.05) is 26.7 Å². The van der Waals surface area contributed by atoms with Gasteiger partial charge in [-0.1, -0.05) is 18.2 Å². The number of hydrogen-bond acceptors (Lipinski definition) is 3. The van der Waals surface area contributed by atoms with Crippen molar-refractivity contribution >= 4 is 11.0 Å². The molecule has 3 nitrogen and oxygen atoms in total. The number of para-hydroxylation sites is 1. The molecule has 1 aliphatic heterocycles. The maximum atomic E-state index is 5.84. The van der Waals surface area contributed by atoms with E-state index in [9.17, 15) is 0 Å². The first-order chi connectivity index (χ1) is 9.28. The smallest absolute Gasteiger partial charge is 0.134 e. The summed E-state index contributed by atoms with van der Waals surface area (Å²) in [5.74, 6) is 1.86. The van der Waals surface area contributed by atoms with Crippen molar-refractivity contribution in [3.8, 4) is 0 Å². The molecule has 0 spiro atoms. The molecular weight excluding hydrogens is 236 g/mol. The van der Waals surface area contributed by atoms with Gasteiger partial charge in [0.25, 0.3) is 0 Å². The van der Waals surface area contributed by atoms with E-state index < -0.39 is 0 Å². The molecule has 102 valence electrons. The van der Waals surface area contributed by atoms with Gasteiger partial charge in [0.1, 0.15) is 11.3 Å². The fourth-order valence-electron chi connectivity index (χ4n) is 3.15. The Hall–Kier alpha value is -1.32. The number of furan rings is 1. The first kappa shape index (κ1) is 12.7. The van der Waals surface area contributed by atoms with E-state index in [1.807, 2.05) is 13.1 Å². The van der Waals surface area contributed by atoms with Crippen LogP contribution in [-0.2, 0) is 6.54 Å². The second-order valence-corrected chi connectivity index (χ2v) is 5.58. The van der Waals surface area contributed by atoms with E-state index in [0.717, 1.165) is 30.4 Å². The highest BCUT2D eigenvalue weighted by molar-refractivity contribution is 5.82. The summed E-state index contributed by atoms with van der Waals surface area (Å²) >= 11 is 0. The van der Waals surface area contributed by atoms with Gasteiger partial charge >= 0.3 is 0 Å². The molecule has 1 saturated heterocycles. The number of nitrogens with one attached hydrogen (secondary N) is 1. The third-order valence-corrected chi connectivity index (χ3v) is 4.14. The number of benzene rings is 1. The van der Waals surface area contributed by atoms with Crippen LogP contribution in [0.2, 0.25) is 0 Å². The first-order valence-electron chi connectivity index (χ1n) is 7.12. The van der Waals surface area contributed by atoms with E-state index in [1.165, 1.54) is 30.5 Å². The Morgan fingerprint density at radius 1 is 1.37 bits per heavy atom. The van der Waals surface area contributed by atoms with Crippen LogP contribution in [0.15, 0.2) is 28.7 Å². The van der Waals surface area contributed by atoms with Crippen LogP contribution in [0.1, 0.15) is 17.7 Å². The zero-order chi connectivity index (χ0) is 13.2. The maximum Gasteiger partial charge on any atom is 0.134 e. The summed E-state index contributed by atoms with van der Waals surface area (Å²) in [4.78, 5) is 2.55. The molecule has 3 heteroatoms. The lowest BCUT2D eigenvalue weighted by atomic mass is 10.1. The van der Waals surface area contributed by atoms with Gasteiger partial charge in [-0.3, -0.25) is 4.90 Å². The van der Waals surface area contributed by atoms with E-state index in [0.29, 0.717) is 0 Å². The van der Waals surface area contributed by atoms with Crippen LogP contribution in [0.4, 0.5) is 0 Å². The van der Waals surface area contributed by atoms with Crippen molar-refractivity contribution in [2.24, 2.45) is 5.92 Å². The molecule has 0 amide bonds. The van der Waals surface area contributed by atoms with Crippen LogP contribution < -0.4 is 5.32 Å². The van der Waals surface area contributed by atoms with Crippen molar-refractivity contribution in [3.05, 3.63) is 35.6 Å². The highest BCUT2D eigenvalue weighted by Crippen LogP contribution is 2.28. The van der Waals surface area contributed by atoms with Crippen LogP contribution in [0.3, 0.4) is 0 Å². The minimum Gasteiger partial charge on any atom is -0.461 e. The molecule has 1 atom stereocenters. The topological polar surface area (TPSA) is 28.4 Å². The van der Waals surface area contributed by atoms with Gasteiger partial charge in [-0.2, -0.15) is 0 Å². The van der Waals surface area contributed by atoms with Crippen LogP contribution >= 0.6 is 0 Å². The fourth-order valence-corrected chi connectivity index (χ4v) is 3.15. The number of hydrogen-bond donors (Lipinski definition) is 1. The summed E-state index contributed by atoms with van der Waals surface area (Å²) in [6.45, 7) is 6.62. The first-order valence-corrected chi connectivity index (χ1v) is 7.12. The summed E-state index contributed by atoms with van der Waals surface area (Å²) in [6.07, 6.45) is 1.30. The predicted molar refractivity (Wildman–Crippen MR) is 78.3 cm³/mol. The Balaban J connectivity index is 1.77. The summed E-state index contributed by atoms with van der Waals surface area (Å²) < 4.78 is 5.84. The summed E-state index contributed by atoms with van der Waals surface area (Å²) in [5.41, 5.74) is 2.38. The van der Waals surface area contributed by atoms with E-state index in [2.05, 4.69) is 35.3 Å². The number of likely N-dealkylation sites (tertiary alicyclic amines) is 1. The van der Waals surface area contributed by atoms with Gasteiger partial charge in [-0.05, 0) is 45.5 Å². The van der Waals surface area contributed by atoms with Gasteiger partial charge < -0.3 is 9.73 Å². The molecule has 1 aliphatic rings. The van der Waals surface area contributed by atoms with Crippen molar-refractivity contribution in [3.63, 3.8) is 0 Å². The molecule has 0 aliphatic carbocycles. The second kappa shape index (κ2) is 5.35. The van der Waals surface area contributed by atoms with Crippen molar-refractivity contribution < 1.29 is 4.42 Å². The number of fused-ring (bicyclic) bond motifs is 1. The Labute approximate surface area is 114 Å². The van der Waals surface area contributed by atoms with Gasteiger partial charge in [0, 0.05) is 24.0 Å². The number of nitrogens with zero attached hydrogens (tertiary/aromatic N) is 1. The van der Waals surface area contributed by atoms with Gasteiger partial charge in [-0.25, -0.2) is 0 Å². The minimum absolute atomic E-state index is 0.795. The molecule has 1 N–H and O–H groups in total. The minimum atomic E-state index is 0.795. The Bertz CT molecular complexity index is 561. The SMILES string of the molecule is CNCC1CCN(Cc2c(C)oc3ccccc23)C1. The quantitative estimate of drug-likeness (QED) is 0.914. The third kappa shape index (κ3) is 2.53. The van der Waals surface area contributed by atoms with Crippen molar-refractivity contribution in [1.82, 2.24) is 10.2 Å². The molecule has 1 unspecified atom stereocenters. The average Bonchev–Trinajstić information content (AvgIpc) is 2.96. The summed E-state index contributed by atoms with van der Waals surface area (Å²) in [7, 11) is 2.04. The Kier molecular flexibility index (Phi) is 3.58. The molecule has 2 aromatic rings. The summed E-state index contributed by atoms with van der Waals surface area (Å²) in [6, 6.07) is 8.35. The van der Waals surface area contributed by atoms with Crippen molar-refractivity contribution in [2.45, 2.75) is 19.9 Å². The highest BCUT2D eigenvalue weighted by Gasteiger charge is 2.23. The average molecular weight is 258 g/mol. The normalized spacial score (nSPS) is 20.4. The molecule has 2 heterocycles. The number of aryl methyl sites for hydroxylation is 1. The van der Waals surface area contributed by atoms with Crippen LogP contribution in [0, 0.1) is 12.8 Å². The second-order valence-electron chi connectivity index (χ2n) is 5.58. The van der Waals surface area contributed by atoms with Gasteiger partial charge in [0.15, 0.2) is 0 Å². The molecule has 1 fully saturated rings. The standard InChI is InChI=1S/C16H22N2O/c1-12-15(14-5-3-4-6-16(14)19-12)11-18-8-7-13(10-18)9-17-2/h3-6,13,17H,7-11H2,1-2H3. The summed E-state index contributed by atoms with van der Waals surface area (Å²) in [5, 5.41) is 4.56. The maximum absolute atomic E-state index is 5.84. The van der Waals surface area contributed by atoms with E-state index in [1.54, 1.807) is 0 Å². The lowest BCUT2D eigenvalue weighted by molar-refractivity contribution is 0.314. The van der Waals surface area contributed by atoms with E-state index >= 15 is 0 Å². The zero-order valence-corrected chi connectivity index (χ0v) is 11.8. The molecule has 0 saturated carbocycles. The molecule has 0 radical (unpaired) electrons. The molecule has 0 bridgehead atoms. The largest absolute Gasteiger partial charge is 0.461 e. The lowest BCUT2D eigenvalue weighted by Crippen LogP contribution is -2.24. The molecule has 1 aromatic carbocycles. The molecule has 19 heavy (non-hydrogen) atoms. The van der Waals surface area contributed by atoms with E-state index in [4.69, 9.17) is 4.42 Å². The Morgan fingerprint density at radius 3 is 3.05 bits per heavy atom. The molecule has 3 rings (SSSR count). The van der Waals surface area contributed by atoms with Crippen LogP contribution in [-0.4, -0.2) is 31.6 Å². The van der Waals surface area contributed by atoms with Crippen LogP contribution in [0.25, 0.3) is 11.0 Å². The van der Waals surface area contributed by atoms with Gasteiger partial charge in [-0.15, -0.1) is 0 Å². The Morgan fingerprint density at radius 2 is 2.21 bits per heavy atom. The van der Waals surface area contributed by atoms with Crippen LogP contribution in [0.5, 0.6) is 0 Å². The zero-order valence-electron chi connectivity index (χ0n) is 11.8.